The van der Waals surface area contributed by atoms with E-state index in [1.807, 2.05) is 24.0 Å². The first-order valence-electron chi connectivity index (χ1n) is 9.16. The van der Waals surface area contributed by atoms with E-state index in [0.29, 0.717) is 5.37 Å². The van der Waals surface area contributed by atoms with Crippen molar-refractivity contribution in [2.45, 2.75) is 19.2 Å². The third-order valence-electron chi connectivity index (χ3n) is 4.91. The minimum absolute atomic E-state index is 0.403. The molecule has 1 aromatic carbocycles. The molecule has 1 aliphatic rings. The number of fused-ring (bicyclic) bond motifs is 1. The van der Waals surface area contributed by atoms with Crippen LogP contribution in [0.3, 0.4) is 0 Å². The third kappa shape index (κ3) is 3.37. The van der Waals surface area contributed by atoms with Crippen molar-refractivity contribution in [2.24, 2.45) is 0 Å². The Morgan fingerprint density at radius 1 is 1.12 bits per heavy atom. The van der Waals surface area contributed by atoms with Crippen LogP contribution < -0.4 is 5.32 Å². The van der Waals surface area contributed by atoms with Crippen molar-refractivity contribution < 1.29 is 0 Å². The third-order valence-corrected chi connectivity index (χ3v) is 5.88. The minimum atomic E-state index is 0.403. The maximum Gasteiger partial charge on any atom is 0.137 e. The van der Waals surface area contributed by atoms with Gasteiger partial charge in [-0.15, -0.1) is 11.8 Å². The van der Waals surface area contributed by atoms with Crippen molar-refractivity contribution in [2.75, 3.05) is 19.6 Å². The van der Waals surface area contributed by atoms with E-state index in [1.165, 1.54) is 16.8 Å². The van der Waals surface area contributed by atoms with Gasteiger partial charge in [0.15, 0.2) is 0 Å². The van der Waals surface area contributed by atoms with Crippen LogP contribution in [0.15, 0.2) is 54.2 Å². The van der Waals surface area contributed by atoms with E-state index in [-0.39, 0.29) is 0 Å². The van der Waals surface area contributed by atoms with Crippen LogP contribution in [-0.4, -0.2) is 39.9 Å². The first-order valence-corrected chi connectivity index (χ1v) is 10.1. The van der Waals surface area contributed by atoms with Crippen molar-refractivity contribution in [3.05, 3.63) is 59.8 Å². The molecule has 0 aliphatic carbocycles. The molecule has 0 saturated carbocycles. The smallest absolute Gasteiger partial charge is 0.137 e. The van der Waals surface area contributed by atoms with Gasteiger partial charge < -0.3 is 15.2 Å². The molecule has 2 N–H and O–H groups in total. The quantitative estimate of drug-likeness (QED) is 0.674. The number of aromatic amines is 1. The number of H-pyrrole nitrogens is 1. The molecule has 0 fully saturated rings. The molecule has 0 radical (unpaired) electrons. The van der Waals surface area contributed by atoms with Gasteiger partial charge >= 0.3 is 0 Å². The van der Waals surface area contributed by atoms with Gasteiger partial charge in [-0.1, -0.05) is 44.2 Å². The number of likely N-dealkylation sites (N-methyl/N-ethyl adjacent to an activating group) is 1. The normalized spacial score (nSPS) is 16.9. The molecule has 2 aromatic heterocycles. The number of pyridine rings is 1. The number of hydrogen-bond acceptors (Lipinski definition) is 4. The van der Waals surface area contributed by atoms with Crippen molar-refractivity contribution in [3.63, 3.8) is 0 Å². The Labute approximate surface area is 158 Å². The molecule has 5 heteroatoms. The van der Waals surface area contributed by atoms with E-state index in [2.05, 4.69) is 76.0 Å². The summed E-state index contributed by atoms with van der Waals surface area (Å²) in [7, 11) is 0. The molecular formula is C21H24N4S. The van der Waals surface area contributed by atoms with Crippen LogP contribution in [0.1, 0.15) is 19.4 Å². The molecule has 0 bridgehead atoms. The van der Waals surface area contributed by atoms with E-state index < -0.39 is 0 Å². The van der Waals surface area contributed by atoms with Crippen LogP contribution in [0.5, 0.6) is 0 Å². The average molecular weight is 365 g/mol. The molecule has 4 nitrogen and oxygen atoms in total. The van der Waals surface area contributed by atoms with E-state index in [0.717, 1.165) is 36.2 Å². The molecule has 3 heterocycles. The van der Waals surface area contributed by atoms with Gasteiger partial charge in [0.2, 0.25) is 0 Å². The lowest BCUT2D eigenvalue weighted by Crippen LogP contribution is -2.36. The molecule has 1 atom stereocenters. The zero-order chi connectivity index (χ0) is 17.9. The number of thioether (sulfide) groups is 1. The molecule has 0 amide bonds. The summed E-state index contributed by atoms with van der Waals surface area (Å²) in [6.07, 6.45) is 4.00. The van der Waals surface area contributed by atoms with Crippen molar-refractivity contribution in [3.8, 4) is 11.1 Å². The minimum Gasteiger partial charge on any atom is -0.371 e. The van der Waals surface area contributed by atoms with Crippen LogP contribution in [0.4, 0.5) is 0 Å². The predicted molar refractivity (Wildman–Crippen MR) is 112 cm³/mol. The summed E-state index contributed by atoms with van der Waals surface area (Å²) < 4.78 is 0. The first-order chi connectivity index (χ1) is 12.8. The Hall–Kier alpha value is -2.24. The zero-order valence-electron chi connectivity index (χ0n) is 15.2. The standard InChI is InChI=1S/C21H24N4S/c1-3-25(4-2)13-20-24-19(14-26-20)18-12-23-21-17(18)10-16(11-22-21)15-8-6-5-7-9-15/h5-12,14,20,24H,3-4,13H2,1-2H3,(H,22,23). The maximum absolute atomic E-state index is 4.62. The molecule has 134 valence electrons. The fraction of sp³-hybridized carbons (Fsp3) is 0.286. The van der Waals surface area contributed by atoms with Crippen molar-refractivity contribution >= 4 is 28.5 Å². The second-order valence-electron chi connectivity index (χ2n) is 6.47. The second-order valence-corrected chi connectivity index (χ2v) is 7.55. The lowest BCUT2D eigenvalue weighted by molar-refractivity contribution is 0.301. The van der Waals surface area contributed by atoms with Crippen LogP contribution in [0.2, 0.25) is 0 Å². The fourth-order valence-electron chi connectivity index (χ4n) is 3.35. The number of aromatic nitrogens is 2. The predicted octanol–water partition coefficient (Wildman–Crippen LogP) is 4.53. The molecular weight excluding hydrogens is 340 g/mol. The van der Waals surface area contributed by atoms with Crippen LogP contribution >= 0.6 is 11.8 Å². The topological polar surface area (TPSA) is 44.0 Å². The second kappa shape index (κ2) is 7.56. The van der Waals surface area contributed by atoms with Crippen LogP contribution in [0.25, 0.3) is 27.9 Å². The van der Waals surface area contributed by atoms with Crippen molar-refractivity contribution in [1.29, 1.82) is 0 Å². The monoisotopic (exact) mass is 364 g/mol. The summed E-state index contributed by atoms with van der Waals surface area (Å²) in [6, 6.07) is 12.6. The molecule has 26 heavy (non-hydrogen) atoms. The lowest BCUT2D eigenvalue weighted by atomic mass is 10.1. The van der Waals surface area contributed by atoms with Gasteiger partial charge in [-0.3, -0.25) is 0 Å². The molecule has 1 unspecified atom stereocenters. The summed E-state index contributed by atoms with van der Waals surface area (Å²) in [5.74, 6) is 0. The Balaban J connectivity index is 1.59. The van der Waals surface area contributed by atoms with Gasteiger partial charge in [-0.05, 0) is 30.1 Å². The average Bonchev–Trinajstić information content (AvgIpc) is 3.32. The number of nitrogens with one attached hydrogen (secondary N) is 2. The maximum atomic E-state index is 4.62. The number of rotatable bonds is 6. The molecule has 3 aromatic rings. The van der Waals surface area contributed by atoms with E-state index in [4.69, 9.17) is 0 Å². The summed E-state index contributed by atoms with van der Waals surface area (Å²) in [5.41, 5.74) is 5.64. The SMILES string of the molecule is CCN(CC)CC1NC(c2c[nH]c3ncc(-c4ccccc4)cc23)=CS1. The van der Waals surface area contributed by atoms with Crippen LogP contribution in [0, 0.1) is 0 Å². The van der Waals surface area contributed by atoms with Gasteiger partial charge in [0.25, 0.3) is 0 Å². The summed E-state index contributed by atoms with van der Waals surface area (Å²) in [4.78, 5) is 10.4. The highest BCUT2D eigenvalue weighted by atomic mass is 32.2. The van der Waals surface area contributed by atoms with E-state index >= 15 is 0 Å². The van der Waals surface area contributed by atoms with Gasteiger partial charge in [-0.25, -0.2) is 4.98 Å². The van der Waals surface area contributed by atoms with Gasteiger partial charge in [0.1, 0.15) is 5.65 Å². The van der Waals surface area contributed by atoms with Crippen molar-refractivity contribution in [1.82, 2.24) is 20.2 Å². The number of nitrogens with zero attached hydrogens (tertiary/aromatic N) is 2. The largest absolute Gasteiger partial charge is 0.371 e. The molecule has 0 spiro atoms. The Kier molecular flexibility index (Phi) is 5.00. The Morgan fingerprint density at radius 3 is 2.69 bits per heavy atom. The molecule has 1 aliphatic heterocycles. The van der Waals surface area contributed by atoms with E-state index in [9.17, 15) is 0 Å². The van der Waals surface area contributed by atoms with Gasteiger partial charge in [0, 0.05) is 35.5 Å². The first kappa shape index (κ1) is 17.2. The zero-order valence-corrected chi connectivity index (χ0v) is 16.0. The van der Waals surface area contributed by atoms with E-state index in [1.54, 1.807) is 0 Å². The highest BCUT2D eigenvalue weighted by molar-refractivity contribution is 8.03. The van der Waals surface area contributed by atoms with Crippen LogP contribution in [-0.2, 0) is 0 Å². The van der Waals surface area contributed by atoms with Gasteiger partial charge in [-0.2, -0.15) is 0 Å². The number of hydrogen-bond donors (Lipinski definition) is 2. The highest BCUT2D eigenvalue weighted by Crippen LogP contribution is 2.33. The Morgan fingerprint density at radius 2 is 1.92 bits per heavy atom. The lowest BCUT2D eigenvalue weighted by Gasteiger charge is -2.22. The summed E-state index contributed by atoms with van der Waals surface area (Å²) in [5, 5.41) is 7.48. The van der Waals surface area contributed by atoms with Gasteiger partial charge in [0.05, 0.1) is 11.1 Å². The highest BCUT2D eigenvalue weighted by Gasteiger charge is 2.21. The fourth-order valence-corrected chi connectivity index (χ4v) is 4.34. The summed E-state index contributed by atoms with van der Waals surface area (Å²) >= 11 is 1.87. The number of benzene rings is 1. The molecule has 4 rings (SSSR count). The molecule has 0 saturated heterocycles. The summed E-state index contributed by atoms with van der Waals surface area (Å²) in [6.45, 7) is 7.65. The Bertz CT molecular complexity index is 912.